The summed E-state index contributed by atoms with van der Waals surface area (Å²) in [5.74, 6) is 0.582. The lowest BCUT2D eigenvalue weighted by atomic mass is 9.99. The number of carbonyl (C=O) groups excluding carboxylic acids is 1. The van der Waals surface area contributed by atoms with Gasteiger partial charge in [0, 0.05) is 17.5 Å². The number of nitrogen functional groups attached to an aromatic ring is 1. The Hall–Kier alpha value is -2.52. The second-order valence-corrected chi connectivity index (χ2v) is 6.58. The number of anilines is 2. The number of carbonyl (C=O) groups is 1. The molecule has 1 aromatic heterocycles. The van der Waals surface area contributed by atoms with Crippen LogP contribution in [0.25, 0.3) is 11.1 Å². The van der Waals surface area contributed by atoms with Gasteiger partial charge in [-0.1, -0.05) is 13.0 Å². The highest BCUT2D eigenvalue weighted by atomic mass is 32.1. The van der Waals surface area contributed by atoms with E-state index in [0.29, 0.717) is 22.0 Å². The fourth-order valence-electron chi connectivity index (χ4n) is 2.83. The summed E-state index contributed by atoms with van der Waals surface area (Å²) in [4.78, 5) is 14.8. The van der Waals surface area contributed by atoms with Crippen LogP contribution in [0, 0.1) is 11.3 Å². The minimum Gasteiger partial charge on any atom is -0.479 e. The molecule has 0 bridgehead atoms. The van der Waals surface area contributed by atoms with E-state index in [-0.39, 0.29) is 5.91 Å². The minimum absolute atomic E-state index is 0.0873. The van der Waals surface area contributed by atoms with Crippen LogP contribution in [0.1, 0.15) is 24.3 Å². The molecule has 2 heterocycles. The molecule has 1 unspecified atom stereocenters. The van der Waals surface area contributed by atoms with E-state index in [2.05, 4.69) is 6.07 Å². The number of nitrogens with two attached hydrogens (primary N) is 1. The normalized spacial score (nSPS) is 16.7. The van der Waals surface area contributed by atoms with E-state index in [1.54, 1.807) is 18.9 Å². The average molecular weight is 327 g/mol. The van der Waals surface area contributed by atoms with Gasteiger partial charge in [0.05, 0.1) is 11.3 Å². The fourth-order valence-corrected chi connectivity index (χ4v) is 3.81. The molecular formula is C17H17N3O2S. The van der Waals surface area contributed by atoms with Crippen molar-refractivity contribution in [2.75, 3.05) is 17.7 Å². The van der Waals surface area contributed by atoms with Gasteiger partial charge in [0.25, 0.3) is 5.91 Å². The maximum Gasteiger partial charge on any atom is 0.267 e. The van der Waals surface area contributed by atoms with Crippen LogP contribution >= 0.6 is 11.3 Å². The van der Waals surface area contributed by atoms with Gasteiger partial charge in [0.2, 0.25) is 0 Å². The molecule has 0 aliphatic carbocycles. The molecule has 0 fully saturated rings. The molecule has 3 rings (SSSR count). The molecule has 1 aromatic carbocycles. The van der Waals surface area contributed by atoms with Crippen molar-refractivity contribution in [1.29, 1.82) is 5.26 Å². The van der Waals surface area contributed by atoms with Crippen LogP contribution in [0.3, 0.4) is 0 Å². The van der Waals surface area contributed by atoms with Gasteiger partial charge in [0.15, 0.2) is 6.10 Å². The highest BCUT2D eigenvalue weighted by Crippen LogP contribution is 2.42. The molecule has 2 N–H and O–H groups in total. The van der Waals surface area contributed by atoms with Crippen molar-refractivity contribution >= 4 is 27.9 Å². The summed E-state index contributed by atoms with van der Waals surface area (Å²) in [5.41, 5.74) is 8.93. The first kappa shape index (κ1) is 15.4. The number of aryl methyl sites for hydroxylation is 1. The second-order valence-electron chi connectivity index (χ2n) is 5.44. The van der Waals surface area contributed by atoms with E-state index in [0.717, 1.165) is 22.4 Å². The third-order valence-electron chi connectivity index (χ3n) is 4.03. The molecular weight excluding hydrogens is 310 g/mol. The Morgan fingerprint density at radius 1 is 1.48 bits per heavy atom. The van der Waals surface area contributed by atoms with Crippen molar-refractivity contribution in [3.8, 4) is 22.9 Å². The lowest BCUT2D eigenvalue weighted by Gasteiger charge is -2.30. The summed E-state index contributed by atoms with van der Waals surface area (Å²) in [6.07, 6.45) is 0.307. The molecule has 23 heavy (non-hydrogen) atoms. The van der Waals surface area contributed by atoms with Gasteiger partial charge < -0.3 is 15.4 Å². The highest BCUT2D eigenvalue weighted by molar-refractivity contribution is 7.16. The van der Waals surface area contributed by atoms with Crippen LogP contribution in [-0.4, -0.2) is 19.1 Å². The van der Waals surface area contributed by atoms with E-state index in [1.807, 2.05) is 25.1 Å². The van der Waals surface area contributed by atoms with Crippen LogP contribution < -0.4 is 15.4 Å². The predicted octanol–water partition coefficient (Wildman–Crippen LogP) is 3.18. The first-order valence-corrected chi connectivity index (χ1v) is 8.19. The summed E-state index contributed by atoms with van der Waals surface area (Å²) in [7, 11) is 1.73. The number of nitrogens with zero attached hydrogens (tertiary/aromatic N) is 2. The summed E-state index contributed by atoms with van der Waals surface area (Å²) in [6, 6.07) is 7.85. The van der Waals surface area contributed by atoms with Gasteiger partial charge in [-0.05, 0) is 31.0 Å². The Bertz CT molecular complexity index is 835. The Balaban J connectivity index is 2.18. The Morgan fingerprint density at radius 2 is 2.22 bits per heavy atom. The number of amides is 1. The Morgan fingerprint density at radius 3 is 2.87 bits per heavy atom. The molecule has 6 heteroatoms. The van der Waals surface area contributed by atoms with Gasteiger partial charge in [-0.2, -0.15) is 5.26 Å². The maximum absolute atomic E-state index is 12.1. The van der Waals surface area contributed by atoms with E-state index >= 15 is 0 Å². The van der Waals surface area contributed by atoms with E-state index in [1.165, 1.54) is 11.3 Å². The number of ether oxygens (including phenoxy) is 1. The SMILES string of the molecule is CCc1sc(N)c(C#N)c1-c1ccc2c(c1)N(C)C(=O)C(C)O2. The van der Waals surface area contributed by atoms with Gasteiger partial charge in [-0.3, -0.25) is 4.79 Å². The second kappa shape index (κ2) is 5.60. The third kappa shape index (κ3) is 2.34. The minimum atomic E-state index is -0.490. The third-order valence-corrected chi connectivity index (χ3v) is 5.20. The van der Waals surface area contributed by atoms with Gasteiger partial charge in [-0.15, -0.1) is 11.3 Å². The van der Waals surface area contributed by atoms with Crippen molar-refractivity contribution in [3.05, 3.63) is 28.6 Å². The molecule has 5 nitrogen and oxygen atoms in total. The van der Waals surface area contributed by atoms with Crippen molar-refractivity contribution in [2.24, 2.45) is 0 Å². The van der Waals surface area contributed by atoms with Crippen molar-refractivity contribution in [3.63, 3.8) is 0 Å². The summed E-state index contributed by atoms with van der Waals surface area (Å²) < 4.78 is 5.65. The number of fused-ring (bicyclic) bond motifs is 1. The van der Waals surface area contributed by atoms with Crippen LogP contribution in [0.15, 0.2) is 18.2 Å². The quantitative estimate of drug-likeness (QED) is 0.919. The van der Waals surface area contributed by atoms with E-state index < -0.39 is 6.10 Å². The zero-order chi connectivity index (χ0) is 16.7. The Kier molecular flexibility index (Phi) is 3.74. The van der Waals surface area contributed by atoms with Crippen LogP contribution in [-0.2, 0) is 11.2 Å². The van der Waals surface area contributed by atoms with E-state index in [9.17, 15) is 10.1 Å². The number of benzene rings is 1. The smallest absolute Gasteiger partial charge is 0.267 e. The van der Waals surface area contributed by atoms with Crippen LogP contribution in [0.2, 0.25) is 0 Å². The zero-order valence-electron chi connectivity index (χ0n) is 13.2. The lowest BCUT2D eigenvalue weighted by Crippen LogP contribution is -2.41. The molecule has 1 aliphatic heterocycles. The zero-order valence-corrected chi connectivity index (χ0v) is 14.0. The molecule has 2 aromatic rings. The molecule has 1 aliphatic rings. The van der Waals surface area contributed by atoms with Crippen molar-refractivity contribution < 1.29 is 9.53 Å². The first-order valence-electron chi connectivity index (χ1n) is 7.37. The van der Waals surface area contributed by atoms with Crippen molar-refractivity contribution in [2.45, 2.75) is 26.4 Å². The lowest BCUT2D eigenvalue weighted by molar-refractivity contribution is -0.125. The molecule has 118 valence electrons. The van der Waals surface area contributed by atoms with Gasteiger partial charge >= 0.3 is 0 Å². The predicted molar refractivity (Wildman–Crippen MR) is 91.8 cm³/mol. The molecule has 0 spiro atoms. The standard InChI is InChI=1S/C17H17N3O2S/c1-4-14-15(11(8-18)16(19)23-14)10-5-6-13-12(7-10)20(3)17(21)9(2)22-13/h5-7,9H,4,19H2,1-3H3. The number of likely N-dealkylation sites (N-methyl/N-ethyl adjacent to an activating group) is 1. The summed E-state index contributed by atoms with van der Waals surface area (Å²) in [6.45, 7) is 3.77. The van der Waals surface area contributed by atoms with Crippen LogP contribution in [0.4, 0.5) is 10.7 Å². The van der Waals surface area contributed by atoms with Gasteiger partial charge in [0.1, 0.15) is 16.8 Å². The topological polar surface area (TPSA) is 79.4 Å². The largest absolute Gasteiger partial charge is 0.479 e. The molecule has 0 radical (unpaired) electrons. The molecule has 1 amide bonds. The number of thiophene rings is 1. The van der Waals surface area contributed by atoms with E-state index in [4.69, 9.17) is 10.5 Å². The number of hydrogen-bond donors (Lipinski definition) is 1. The molecule has 1 atom stereocenters. The summed E-state index contributed by atoms with van der Waals surface area (Å²) >= 11 is 1.44. The monoisotopic (exact) mass is 327 g/mol. The molecule has 0 saturated heterocycles. The van der Waals surface area contributed by atoms with Crippen LogP contribution in [0.5, 0.6) is 5.75 Å². The average Bonchev–Trinajstić information content (AvgIpc) is 2.88. The fraction of sp³-hybridized carbons (Fsp3) is 0.294. The number of rotatable bonds is 2. The highest BCUT2D eigenvalue weighted by Gasteiger charge is 2.29. The summed E-state index contributed by atoms with van der Waals surface area (Å²) in [5, 5.41) is 9.96. The van der Waals surface area contributed by atoms with Crippen molar-refractivity contribution in [1.82, 2.24) is 0 Å². The number of hydrogen-bond acceptors (Lipinski definition) is 5. The number of nitriles is 1. The Labute approximate surface area is 138 Å². The maximum atomic E-state index is 12.1. The molecule has 0 saturated carbocycles. The first-order chi connectivity index (χ1) is 11.0. The van der Waals surface area contributed by atoms with Gasteiger partial charge in [-0.25, -0.2) is 0 Å².